The number of hydrogen-bond donors (Lipinski definition) is 3. The third-order valence-electron chi connectivity index (χ3n) is 9.35. The van der Waals surface area contributed by atoms with E-state index in [1.807, 2.05) is 18.7 Å². The number of hydrogen-bond acceptors (Lipinski definition) is 9. The van der Waals surface area contributed by atoms with E-state index < -0.39 is 40.0 Å². The van der Waals surface area contributed by atoms with Crippen molar-refractivity contribution in [2.75, 3.05) is 29.5 Å². The summed E-state index contributed by atoms with van der Waals surface area (Å²) in [6.07, 6.45) is -3.73. The largest absolute Gasteiger partial charge is 0.480 e. The molecule has 2 aliphatic heterocycles. The number of carboxylic acid groups (broad SMARTS) is 1. The van der Waals surface area contributed by atoms with Crippen LogP contribution in [0.5, 0.6) is 5.88 Å². The fourth-order valence-electron chi connectivity index (χ4n) is 6.87. The van der Waals surface area contributed by atoms with Crippen molar-refractivity contribution in [3.63, 3.8) is 0 Å². The molecule has 0 saturated carbocycles. The number of nitrogens with one attached hydrogen (secondary N) is 1. The number of halogens is 4. The fourth-order valence-corrected chi connectivity index (χ4v) is 8.54. The Hall–Kier alpha value is -3.62. The van der Waals surface area contributed by atoms with Crippen LogP contribution in [-0.2, 0) is 14.6 Å². The number of benzene rings is 2. The maximum atomic E-state index is 14.8. The highest BCUT2D eigenvalue weighted by atomic mass is 35.5. The Labute approximate surface area is 282 Å². The third-order valence-corrected chi connectivity index (χ3v) is 11.4. The van der Waals surface area contributed by atoms with Gasteiger partial charge in [-0.2, -0.15) is 23.1 Å². The molecule has 2 aliphatic rings. The lowest BCUT2D eigenvalue weighted by molar-refractivity contribution is -0.198. The van der Waals surface area contributed by atoms with Crippen molar-refractivity contribution in [1.29, 1.82) is 0 Å². The predicted molar refractivity (Wildman–Crippen MR) is 177 cm³/mol. The molecule has 260 valence electrons. The number of aliphatic carboxylic acids is 1. The van der Waals surface area contributed by atoms with Gasteiger partial charge in [-0.15, -0.1) is 0 Å². The summed E-state index contributed by atoms with van der Waals surface area (Å²) in [4.78, 5) is 21.8. The number of aromatic nitrogens is 2. The highest BCUT2D eigenvalue weighted by Crippen LogP contribution is 2.46. The fraction of sp³-hybridized carbons (Fsp3) is 0.485. The van der Waals surface area contributed by atoms with Gasteiger partial charge in [-0.3, -0.25) is 4.79 Å². The zero-order chi connectivity index (χ0) is 34.9. The van der Waals surface area contributed by atoms with Gasteiger partial charge in [-0.05, 0) is 72.9 Å². The first kappa shape index (κ1) is 35.7. The van der Waals surface area contributed by atoms with Gasteiger partial charge < -0.3 is 25.8 Å². The van der Waals surface area contributed by atoms with Crippen molar-refractivity contribution in [2.24, 2.45) is 5.41 Å². The molecule has 48 heavy (non-hydrogen) atoms. The predicted octanol–water partition coefficient (Wildman–Crippen LogP) is 6.45. The second kappa shape index (κ2) is 14.1. The molecule has 3 aromatic rings. The maximum absolute atomic E-state index is 14.8. The van der Waals surface area contributed by atoms with Gasteiger partial charge in [0, 0.05) is 35.8 Å². The summed E-state index contributed by atoms with van der Waals surface area (Å²) in [5.74, 6) is -1.34. The zero-order valence-corrected chi connectivity index (χ0v) is 28.2. The summed E-state index contributed by atoms with van der Waals surface area (Å²) in [6.45, 7) is 4.86. The minimum absolute atomic E-state index is 0.00231. The monoisotopic (exact) mass is 709 g/mol. The number of alkyl halides is 3. The topological polar surface area (TPSA) is 148 Å². The van der Waals surface area contributed by atoms with Crippen molar-refractivity contribution >= 4 is 39.2 Å². The number of rotatable bonds is 11. The summed E-state index contributed by atoms with van der Waals surface area (Å²) >= 11 is 6.24. The Morgan fingerprint density at radius 1 is 1.17 bits per heavy atom. The number of nitrogen functional groups attached to an aromatic ring is 1. The van der Waals surface area contributed by atoms with Crippen LogP contribution in [0.3, 0.4) is 0 Å². The average molecular weight is 710 g/mol. The second-order valence-electron chi connectivity index (χ2n) is 12.5. The van der Waals surface area contributed by atoms with Crippen LogP contribution in [0, 0.1) is 5.41 Å². The van der Waals surface area contributed by atoms with Crippen LogP contribution in [0.25, 0.3) is 11.1 Å². The molecule has 0 amide bonds. The van der Waals surface area contributed by atoms with E-state index in [9.17, 15) is 31.5 Å². The zero-order valence-electron chi connectivity index (χ0n) is 26.6. The van der Waals surface area contributed by atoms with Crippen molar-refractivity contribution in [1.82, 2.24) is 15.3 Å². The minimum Gasteiger partial charge on any atom is -0.480 e. The normalized spacial score (nSPS) is 20.2. The number of sulfone groups is 1. The van der Waals surface area contributed by atoms with Gasteiger partial charge in [0.15, 0.2) is 9.84 Å². The number of nitrogens with two attached hydrogens (primary N) is 1. The van der Waals surface area contributed by atoms with E-state index in [0.29, 0.717) is 51.0 Å². The smallest absolute Gasteiger partial charge is 0.429 e. The number of piperidine rings is 1. The van der Waals surface area contributed by atoms with Crippen LogP contribution in [0.4, 0.5) is 24.9 Å². The van der Waals surface area contributed by atoms with Gasteiger partial charge in [0.2, 0.25) is 17.9 Å². The summed E-state index contributed by atoms with van der Waals surface area (Å²) in [7, 11) is -3.66. The molecule has 3 heterocycles. The third kappa shape index (κ3) is 7.65. The number of carboxylic acids is 1. The van der Waals surface area contributed by atoms with Gasteiger partial charge in [-0.25, -0.2) is 8.42 Å². The molecule has 2 fully saturated rings. The maximum Gasteiger partial charge on any atom is 0.429 e. The first-order valence-electron chi connectivity index (χ1n) is 15.9. The van der Waals surface area contributed by atoms with Crippen molar-refractivity contribution in [2.45, 2.75) is 81.6 Å². The van der Waals surface area contributed by atoms with Gasteiger partial charge in [-0.1, -0.05) is 50.1 Å². The molecule has 0 aliphatic carbocycles. The van der Waals surface area contributed by atoms with E-state index in [1.165, 1.54) is 48.5 Å². The lowest BCUT2D eigenvalue weighted by Gasteiger charge is -2.43. The van der Waals surface area contributed by atoms with E-state index in [4.69, 9.17) is 22.1 Å². The molecule has 1 spiro atoms. The molecular formula is C33H39ClF3N5O5S. The number of anilines is 2. The Morgan fingerprint density at radius 2 is 1.90 bits per heavy atom. The number of carbonyl (C=O) groups is 1. The summed E-state index contributed by atoms with van der Waals surface area (Å²) in [5, 5.41) is 13.0. The van der Waals surface area contributed by atoms with Crippen LogP contribution in [0.2, 0.25) is 5.02 Å². The van der Waals surface area contributed by atoms with Crippen LogP contribution in [0.15, 0.2) is 53.4 Å². The van der Waals surface area contributed by atoms with Crippen LogP contribution in [-0.4, -0.2) is 66.6 Å². The second-order valence-corrected chi connectivity index (χ2v) is 15.0. The lowest BCUT2D eigenvalue weighted by Crippen LogP contribution is -2.46. The Balaban J connectivity index is 1.44. The van der Waals surface area contributed by atoms with Gasteiger partial charge in [0.05, 0.1) is 10.6 Å². The highest BCUT2D eigenvalue weighted by Gasteiger charge is 2.50. The molecule has 4 N–H and O–H groups in total. The first-order valence-corrected chi connectivity index (χ1v) is 17.9. The van der Waals surface area contributed by atoms with Crippen molar-refractivity contribution < 1.29 is 36.2 Å². The minimum atomic E-state index is -4.92. The number of ether oxygens (including phenoxy) is 1. The van der Waals surface area contributed by atoms with E-state index in [1.54, 1.807) is 0 Å². The standard InChI is InChI=1S/C33H39ClF3N5O5S/c1-3-5-15-48(45,46)22-8-6-7-20(16-22)24-17-21(34)9-10-23(24)29(33(35,36)37)47-28-18-27(40-31(38)41-28)42-13-11-32(12-14-42)19-25(30(43)44)39-26(32)4-2/h6-10,16-18,25-26,29,39H,3-5,11-15,19H2,1-2H3,(H,43,44)(H2,38,40,41)/t25?,26?,29-/m1/s1. The van der Waals surface area contributed by atoms with Crippen molar-refractivity contribution in [3.05, 3.63) is 59.1 Å². The average Bonchev–Trinajstić information content (AvgIpc) is 3.40. The molecule has 2 saturated heterocycles. The molecule has 1 aromatic heterocycles. The molecule has 5 rings (SSSR count). The summed E-state index contributed by atoms with van der Waals surface area (Å²) in [6, 6.07) is 10.3. The summed E-state index contributed by atoms with van der Waals surface area (Å²) < 4.78 is 75.8. The summed E-state index contributed by atoms with van der Waals surface area (Å²) in [5.41, 5.74) is 5.74. The van der Waals surface area contributed by atoms with Crippen LogP contribution < -0.4 is 20.7 Å². The van der Waals surface area contributed by atoms with Crippen LogP contribution in [0.1, 0.15) is 64.0 Å². The van der Waals surface area contributed by atoms with Gasteiger partial charge in [0.1, 0.15) is 11.9 Å². The molecule has 15 heteroatoms. The van der Waals surface area contributed by atoms with E-state index >= 15 is 0 Å². The van der Waals surface area contributed by atoms with E-state index in [2.05, 4.69) is 15.3 Å². The number of unbranched alkanes of at least 4 members (excludes halogenated alkanes) is 1. The first-order chi connectivity index (χ1) is 22.7. The van der Waals surface area contributed by atoms with Gasteiger partial charge in [0.25, 0.3) is 0 Å². The van der Waals surface area contributed by atoms with E-state index in [0.717, 1.165) is 6.42 Å². The van der Waals surface area contributed by atoms with E-state index in [-0.39, 0.29) is 49.8 Å². The Kier molecular flexibility index (Phi) is 10.5. The number of nitrogens with zero attached hydrogens (tertiary/aromatic N) is 3. The van der Waals surface area contributed by atoms with Crippen molar-refractivity contribution in [3.8, 4) is 17.0 Å². The Morgan fingerprint density at radius 3 is 2.54 bits per heavy atom. The molecule has 0 radical (unpaired) electrons. The SMILES string of the molecule is CCCCS(=O)(=O)c1cccc(-c2cc(Cl)ccc2[C@@H](Oc2cc(N3CCC4(CC3)CC(C(=O)O)NC4CC)nc(N)n2)C(F)(F)F)c1. The Bertz CT molecular complexity index is 1750. The van der Waals surface area contributed by atoms with Gasteiger partial charge >= 0.3 is 12.1 Å². The molecule has 3 atom stereocenters. The molecule has 2 unspecified atom stereocenters. The molecule has 0 bridgehead atoms. The molecule has 10 nitrogen and oxygen atoms in total. The quantitative estimate of drug-likeness (QED) is 0.203. The molecular weight excluding hydrogens is 671 g/mol. The highest BCUT2D eigenvalue weighted by molar-refractivity contribution is 7.91. The molecule has 2 aromatic carbocycles. The lowest BCUT2D eigenvalue weighted by atomic mass is 9.71. The van der Waals surface area contributed by atoms with Crippen LogP contribution >= 0.6 is 11.6 Å².